The molecule has 6 heteroatoms. The van der Waals surface area contributed by atoms with Crippen LogP contribution in [-0.2, 0) is 4.79 Å². The van der Waals surface area contributed by atoms with Crippen LogP contribution in [0, 0.1) is 5.82 Å². The number of hydrogen-bond donors (Lipinski definition) is 1. The van der Waals surface area contributed by atoms with Crippen LogP contribution in [0.1, 0.15) is 5.56 Å². The standard InChI is InChI=1S/C13H9FN2O3/c14-10-3-1-2-4-11(10)19-13-15-7-9(8-16-13)5-6-12(17)18/h1-8H,(H,17,18)/b6-5+. The molecule has 0 unspecified atom stereocenters. The molecule has 1 heterocycles. The maximum absolute atomic E-state index is 13.3. The van der Waals surface area contributed by atoms with Gasteiger partial charge in [0.05, 0.1) is 0 Å². The van der Waals surface area contributed by atoms with E-state index in [1.165, 1.54) is 30.6 Å². The molecule has 96 valence electrons. The highest BCUT2D eigenvalue weighted by Gasteiger charge is 2.05. The molecule has 2 aromatic rings. The van der Waals surface area contributed by atoms with Gasteiger partial charge >= 0.3 is 12.0 Å². The molecule has 19 heavy (non-hydrogen) atoms. The highest BCUT2D eigenvalue weighted by Crippen LogP contribution is 2.20. The van der Waals surface area contributed by atoms with Crippen molar-refractivity contribution in [2.75, 3.05) is 0 Å². The first-order chi connectivity index (χ1) is 9.15. The molecule has 0 aliphatic heterocycles. The first-order valence-electron chi connectivity index (χ1n) is 5.30. The minimum atomic E-state index is -1.06. The molecule has 5 nitrogen and oxygen atoms in total. The number of nitrogens with zero attached hydrogens (tertiary/aromatic N) is 2. The van der Waals surface area contributed by atoms with Gasteiger partial charge in [-0.3, -0.25) is 0 Å². The number of halogens is 1. The third kappa shape index (κ3) is 3.60. The summed E-state index contributed by atoms with van der Waals surface area (Å²) in [6, 6.07) is 5.87. The van der Waals surface area contributed by atoms with E-state index in [0.29, 0.717) is 5.56 Å². The summed E-state index contributed by atoms with van der Waals surface area (Å²) >= 11 is 0. The molecule has 1 aromatic carbocycles. The fourth-order valence-corrected chi connectivity index (χ4v) is 1.26. The predicted octanol–water partition coefficient (Wildman–Crippen LogP) is 2.51. The second kappa shape index (κ2) is 5.72. The summed E-state index contributed by atoms with van der Waals surface area (Å²) in [6.07, 6.45) is 5.07. The van der Waals surface area contributed by atoms with Crippen molar-refractivity contribution in [1.29, 1.82) is 0 Å². The van der Waals surface area contributed by atoms with Crippen LogP contribution >= 0.6 is 0 Å². The van der Waals surface area contributed by atoms with E-state index >= 15 is 0 Å². The smallest absolute Gasteiger partial charge is 0.328 e. The van der Waals surface area contributed by atoms with E-state index in [9.17, 15) is 9.18 Å². The van der Waals surface area contributed by atoms with Gasteiger partial charge < -0.3 is 9.84 Å². The first kappa shape index (κ1) is 12.7. The quantitative estimate of drug-likeness (QED) is 0.855. The van der Waals surface area contributed by atoms with Gasteiger partial charge in [-0.05, 0) is 18.2 Å². The third-order valence-corrected chi connectivity index (χ3v) is 2.10. The zero-order chi connectivity index (χ0) is 13.7. The molecule has 0 fully saturated rings. The maximum atomic E-state index is 13.3. The highest BCUT2D eigenvalue weighted by molar-refractivity contribution is 5.85. The molecule has 0 aliphatic rings. The predicted molar refractivity (Wildman–Crippen MR) is 65.2 cm³/mol. The second-order valence-electron chi connectivity index (χ2n) is 3.50. The lowest BCUT2D eigenvalue weighted by atomic mass is 10.3. The number of benzene rings is 1. The van der Waals surface area contributed by atoms with Crippen molar-refractivity contribution in [3.05, 3.63) is 54.1 Å². The summed E-state index contributed by atoms with van der Waals surface area (Å²) in [6.45, 7) is 0. The lowest BCUT2D eigenvalue weighted by Crippen LogP contribution is -1.94. The van der Waals surface area contributed by atoms with Crippen LogP contribution in [0.3, 0.4) is 0 Å². The van der Waals surface area contributed by atoms with Crippen LogP contribution in [0.4, 0.5) is 4.39 Å². The third-order valence-electron chi connectivity index (χ3n) is 2.10. The lowest BCUT2D eigenvalue weighted by Gasteiger charge is -2.04. The van der Waals surface area contributed by atoms with Gasteiger partial charge in [-0.25, -0.2) is 19.2 Å². The van der Waals surface area contributed by atoms with Gasteiger partial charge in [0, 0.05) is 24.0 Å². The number of rotatable bonds is 4. The Balaban J connectivity index is 2.11. The molecule has 0 saturated heterocycles. The van der Waals surface area contributed by atoms with E-state index in [2.05, 4.69) is 9.97 Å². The van der Waals surface area contributed by atoms with Crippen molar-refractivity contribution < 1.29 is 19.0 Å². The van der Waals surface area contributed by atoms with Gasteiger partial charge in [0.1, 0.15) is 0 Å². The van der Waals surface area contributed by atoms with Gasteiger partial charge in [-0.15, -0.1) is 0 Å². The molecule has 0 aliphatic carbocycles. The van der Waals surface area contributed by atoms with Gasteiger partial charge in [-0.2, -0.15) is 0 Å². The molecular weight excluding hydrogens is 251 g/mol. The molecule has 1 aromatic heterocycles. The molecule has 0 saturated carbocycles. The first-order valence-corrected chi connectivity index (χ1v) is 5.30. The Labute approximate surface area is 108 Å². The number of aliphatic carboxylic acids is 1. The summed E-state index contributed by atoms with van der Waals surface area (Å²) in [5.74, 6) is -1.55. The van der Waals surface area contributed by atoms with E-state index in [-0.39, 0.29) is 11.8 Å². The Morgan fingerprint density at radius 1 is 1.26 bits per heavy atom. The molecule has 0 spiro atoms. The van der Waals surface area contributed by atoms with Crippen molar-refractivity contribution in [3.63, 3.8) is 0 Å². The van der Waals surface area contributed by atoms with E-state index in [1.54, 1.807) is 12.1 Å². The molecule has 0 bridgehead atoms. The fraction of sp³-hybridized carbons (Fsp3) is 0. The Morgan fingerprint density at radius 3 is 2.58 bits per heavy atom. The van der Waals surface area contributed by atoms with Crippen molar-refractivity contribution in [3.8, 4) is 11.8 Å². The van der Waals surface area contributed by atoms with Crippen LogP contribution in [0.5, 0.6) is 11.8 Å². The van der Waals surface area contributed by atoms with Crippen LogP contribution in [0.25, 0.3) is 6.08 Å². The average molecular weight is 260 g/mol. The Morgan fingerprint density at radius 2 is 1.95 bits per heavy atom. The lowest BCUT2D eigenvalue weighted by molar-refractivity contribution is -0.131. The monoisotopic (exact) mass is 260 g/mol. The largest absolute Gasteiger partial charge is 0.478 e. The summed E-state index contributed by atoms with van der Waals surface area (Å²) < 4.78 is 18.5. The molecule has 0 atom stereocenters. The SMILES string of the molecule is O=C(O)/C=C/c1cnc(Oc2ccccc2F)nc1. The van der Waals surface area contributed by atoms with E-state index in [1.807, 2.05) is 0 Å². The Bertz CT molecular complexity index is 612. The van der Waals surface area contributed by atoms with Gasteiger partial charge in [0.25, 0.3) is 0 Å². The second-order valence-corrected chi connectivity index (χ2v) is 3.50. The molecule has 0 radical (unpaired) electrons. The van der Waals surface area contributed by atoms with Gasteiger partial charge in [-0.1, -0.05) is 12.1 Å². The molecule has 0 amide bonds. The Kier molecular flexibility index (Phi) is 3.82. The summed E-state index contributed by atoms with van der Waals surface area (Å²) in [5, 5.41) is 8.46. The topological polar surface area (TPSA) is 72.3 Å². The average Bonchev–Trinajstić information content (AvgIpc) is 2.40. The summed E-state index contributed by atoms with van der Waals surface area (Å²) in [4.78, 5) is 18.0. The number of aromatic nitrogens is 2. The van der Waals surface area contributed by atoms with Gasteiger partial charge in [0.2, 0.25) is 0 Å². The fourth-order valence-electron chi connectivity index (χ4n) is 1.26. The van der Waals surface area contributed by atoms with Crippen molar-refractivity contribution in [1.82, 2.24) is 9.97 Å². The number of carboxylic acids is 1. The zero-order valence-corrected chi connectivity index (χ0v) is 9.65. The summed E-state index contributed by atoms with van der Waals surface area (Å²) in [7, 11) is 0. The number of para-hydroxylation sites is 1. The summed E-state index contributed by atoms with van der Waals surface area (Å²) in [5.41, 5.74) is 0.503. The van der Waals surface area contributed by atoms with Crippen LogP contribution in [0.15, 0.2) is 42.7 Å². The number of ether oxygens (including phenoxy) is 1. The van der Waals surface area contributed by atoms with E-state index < -0.39 is 11.8 Å². The zero-order valence-electron chi connectivity index (χ0n) is 9.65. The highest BCUT2D eigenvalue weighted by atomic mass is 19.1. The number of hydrogen-bond acceptors (Lipinski definition) is 4. The molecule has 1 N–H and O–H groups in total. The molecule has 2 rings (SSSR count). The van der Waals surface area contributed by atoms with Crippen LogP contribution in [0.2, 0.25) is 0 Å². The van der Waals surface area contributed by atoms with Crippen molar-refractivity contribution in [2.45, 2.75) is 0 Å². The van der Waals surface area contributed by atoms with Crippen LogP contribution in [-0.4, -0.2) is 21.0 Å². The minimum absolute atomic E-state index is 0.0161. The van der Waals surface area contributed by atoms with E-state index in [4.69, 9.17) is 9.84 Å². The minimum Gasteiger partial charge on any atom is -0.478 e. The van der Waals surface area contributed by atoms with Crippen molar-refractivity contribution >= 4 is 12.0 Å². The normalized spacial score (nSPS) is 10.6. The van der Waals surface area contributed by atoms with Crippen LogP contribution < -0.4 is 4.74 Å². The van der Waals surface area contributed by atoms with Crippen molar-refractivity contribution in [2.24, 2.45) is 0 Å². The van der Waals surface area contributed by atoms with E-state index in [0.717, 1.165) is 6.08 Å². The maximum Gasteiger partial charge on any atom is 0.328 e. The number of carbonyl (C=O) groups is 1. The Hall–Kier alpha value is -2.76. The number of carboxylic acid groups (broad SMARTS) is 1. The molecular formula is C13H9FN2O3. The van der Waals surface area contributed by atoms with Gasteiger partial charge in [0.15, 0.2) is 11.6 Å².